The lowest BCUT2D eigenvalue weighted by Crippen LogP contribution is -2.56. The summed E-state index contributed by atoms with van der Waals surface area (Å²) in [4.78, 5) is 23.5. The minimum Gasteiger partial charge on any atom is -0.352 e. The van der Waals surface area contributed by atoms with Crippen molar-refractivity contribution in [1.82, 2.24) is 29.7 Å². The Hall–Kier alpha value is -2.35. The molecule has 27 heavy (non-hydrogen) atoms. The number of hydrogen-bond donors (Lipinski definition) is 1. The lowest BCUT2D eigenvalue weighted by Gasteiger charge is -2.37. The normalized spacial score (nSPS) is 21.6. The zero-order valence-corrected chi connectivity index (χ0v) is 16.0. The predicted octanol–water partition coefficient (Wildman–Crippen LogP) is 1.44. The Kier molecular flexibility index (Phi) is 5.42. The Labute approximate surface area is 160 Å². The smallest absolute Gasteiger partial charge is 0.317 e. The molecule has 2 saturated heterocycles. The van der Waals surface area contributed by atoms with E-state index in [1.807, 2.05) is 23.2 Å². The Morgan fingerprint density at radius 1 is 1.22 bits per heavy atom. The van der Waals surface area contributed by atoms with E-state index in [0.717, 1.165) is 63.7 Å². The van der Waals surface area contributed by atoms with Gasteiger partial charge in [-0.3, -0.25) is 0 Å². The van der Waals surface area contributed by atoms with Crippen LogP contribution in [0.15, 0.2) is 24.5 Å². The van der Waals surface area contributed by atoms with E-state index in [2.05, 4.69) is 32.1 Å². The number of piperazine rings is 1. The van der Waals surface area contributed by atoms with Gasteiger partial charge in [-0.05, 0) is 44.5 Å². The van der Waals surface area contributed by atoms with Crippen molar-refractivity contribution in [1.29, 1.82) is 0 Å². The fraction of sp³-hybridized carbons (Fsp3) is 0.632. The number of amides is 2. The third-order valence-electron chi connectivity index (χ3n) is 5.50. The second-order valence-electron chi connectivity index (χ2n) is 7.48. The fourth-order valence-corrected chi connectivity index (χ4v) is 4.07. The predicted molar refractivity (Wildman–Crippen MR) is 105 cm³/mol. The van der Waals surface area contributed by atoms with Crippen LogP contribution in [0, 0.1) is 0 Å². The fourth-order valence-electron chi connectivity index (χ4n) is 4.07. The van der Waals surface area contributed by atoms with Gasteiger partial charge in [-0.15, -0.1) is 5.10 Å². The molecule has 2 aliphatic rings. The quantitative estimate of drug-likeness (QED) is 0.881. The number of likely N-dealkylation sites (tertiary alicyclic amines) is 1. The van der Waals surface area contributed by atoms with Crippen LogP contribution < -0.4 is 10.2 Å². The minimum absolute atomic E-state index is 0.0796. The van der Waals surface area contributed by atoms with Gasteiger partial charge in [-0.1, -0.05) is 6.92 Å². The maximum Gasteiger partial charge on any atom is 0.317 e. The van der Waals surface area contributed by atoms with Gasteiger partial charge in [0.15, 0.2) is 5.65 Å². The monoisotopic (exact) mass is 371 g/mol. The molecule has 0 aromatic carbocycles. The van der Waals surface area contributed by atoms with Crippen molar-refractivity contribution in [2.24, 2.45) is 0 Å². The number of aromatic nitrogens is 3. The molecule has 0 aliphatic carbocycles. The zero-order valence-electron chi connectivity index (χ0n) is 16.0. The molecule has 1 N–H and O–H groups in total. The first-order valence-electron chi connectivity index (χ1n) is 10.1. The van der Waals surface area contributed by atoms with Crippen molar-refractivity contribution < 1.29 is 4.79 Å². The second kappa shape index (κ2) is 8.12. The minimum atomic E-state index is 0.0796. The Balaban J connectivity index is 1.28. The van der Waals surface area contributed by atoms with Gasteiger partial charge in [0.1, 0.15) is 5.82 Å². The van der Waals surface area contributed by atoms with Crippen molar-refractivity contribution in [2.45, 2.75) is 32.2 Å². The highest BCUT2D eigenvalue weighted by Crippen LogP contribution is 2.15. The molecule has 2 aromatic rings. The summed E-state index contributed by atoms with van der Waals surface area (Å²) < 4.78 is 1.79. The van der Waals surface area contributed by atoms with Crippen molar-refractivity contribution >= 4 is 17.5 Å². The van der Waals surface area contributed by atoms with Crippen LogP contribution >= 0.6 is 0 Å². The number of nitrogens with one attached hydrogen (secondary N) is 1. The van der Waals surface area contributed by atoms with E-state index in [-0.39, 0.29) is 12.1 Å². The van der Waals surface area contributed by atoms with Gasteiger partial charge < -0.3 is 20.0 Å². The number of rotatable bonds is 4. The van der Waals surface area contributed by atoms with Crippen molar-refractivity contribution in [2.75, 3.05) is 50.7 Å². The molecule has 0 bridgehead atoms. The molecule has 4 rings (SSSR count). The number of carbonyl (C=O) groups is 1. The van der Waals surface area contributed by atoms with E-state index < -0.39 is 0 Å². The maximum absolute atomic E-state index is 12.7. The average Bonchev–Trinajstić information content (AvgIpc) is 3.16. The van der Waals surface area contributed by atoms with Gasteiger partial charge in [0.2, 0.25) is 0 Å². The first-order valence-corrected chi connectivity index (χ1v) is 10.1. The molecule has 2 fully saturated rings. The number of piperidine rings is 1. The lowest BCUT2D eigenvalue weighted by atomic mass is 10.1. The molecule has 0 radical (unpaired) electrons. The van der Waals surface area contributed by atoms with E-state index in [9.17, 15) is 4.79 Å². The molecular weight excluding hydrogens is 342 g/mol. The largest absolute Gasteiger partial charge is 0.352 e. The summed E-state index contributed by atoms with van der Waals surface area (Å²) in [6, 6.07) is 4.34. The summed E-state index contributed by atoms with van der Waals surface area (Å²) in [5.41, 5.74) is 0.848. The Morgan fingerprint density at radius 3 is 2.89 bits per heavy atom. The van der Waals surface area contributed by atoms with E-state index in [1.54, 1.807) is 10.7 Å². The number of anilines is 1. The molecule has 2 aliphatic heterocycles. The third kappa shape index (κ3) is 4.16. The average molecular weight is 371 g/mol. The highest BCUT2D eigenvalue weighted by molar-refractivity contribution is 5.75. The van der Waals surface area contributed by atoms with Crippen molar-refractivity contribution in [3.63, 3.8) is 0 Å². The lowest BCUT2D eigenvalue weighted by molar-refractivity contribution is 0.165. The molecule has 8 nitrogen and oxygen atoms in total. The molecule has 146 valence electrons. The number of carbonyl (C=O) groups excluding carboxylic acids is 1. The van der Waals surface area contributed by atoms with Crippen molar-refractivity contribution in [3.05, 3.63) is 24.5 Å². The second-order valence-corrected chi connectivity index (χ2v) is 7.48. The molecule has 4 heterocycles. The van der Waals surface area contributed by atoms with Crippen LogP contribution in [0.25, 0.3) is 5.65 Å². The van der Waals surface area contributed by atoms with Gasteiger partial charge >= 0.3 is 6.03 Å². The SMILES string of the molecule is CCCN1CCC[C@@H](NC(=O)N2CCN(c3ccc4nccn4n3)CC2)C1. The summed E-state index contributed by atoms with van der Waals surface area (Å²) in [5.74, 6) is 0.933. The van der Waals surface area contributed by atoms with Gasteiger partial charge in [-0.25, -0.2) is 14.3 Å². The van der Waals surface area contributed by atoms with Crippen LogP contribution in [-0.2, 0) is 0 Å². The molecule has 2 aromatic heterocycles. The summed E-state index contributed by atoms with van der Waals surface area (Å²) in [6.45, 7) is 8.52. The van der Waals surface area contributed by atoms with E-state index >= 15 is 0 Å². The Bertz CT molecular complexity index is 766. The number of fused-ring (bicyclic) bond motifs is 1. The van der Waals surface area contributed by atoms with Crippen LogP contribution in [0.2, 0.25) is 0 Å². The maximum atomic E-state index is 12.7. The highest BCUT2D eigenvalue weighted by atomic mass is 16.2. The van der Waals surface area contributed by atoms with Gasteiger partial charge in [-0.2, -0.15) is 0 Å². The molecule has 8 heteroatoms. The van der Waals surface area contributed by atoms with E-state index in [0.29, 0.717) is 0 Å². The highest BCUT2D eigenvalue weighted by Gasteiger charge is 2.26. The number of hydrogen-bond acceptors (Lipinski definition) is 5. The molecule has 0 unspecified atom stereocenters. The van der Waals surface area contributed by atoms with Crippen LogP contribution in [0.4, 0.5) is 10.6 Å². The number of nitrogens with zero attached hydrogens (tertiary/aromatic N) is 6. The third-order valence-corrected chi connectivity index (χ3v) is 5.50. The molecule has 1 atom stereocenters. The van der Waals surface area contributed by atoms with Gasteiger partial charge in [0.25, 0.3) is 0 Å². The Morgan fingerprint density at radius 2 is 2.07 bits per heavy atom. The molecule has 2 amide bonds. The number of imidazole rings is 1. The van der Waals surface area contributed by atoms with E-state index in [4.69, 9.17) is 0 Å². The molecule has 0 saturated carbocycles. The molecule has 0 spiro atoms. The summed E-state index contributed by atoms with van der Waals surface area (Å²) in [6.07, 6.45) is 7.03. The topological polar surface area (TPSA) is 69.0 Å². The van der Waals surface area contributed by atoms with Gasteiger partial charge in [0.05, 0.1) is 0 Å². The summed E-state index contributed by atoms with van der Waals surface area (Å²) in [5, 5.41) is 7.85. The van der Waals surface area contributed by atoms with Crippen LogP contribution in [0.5, 0.6) is 0 Å². The molecular formula is C19H29N7O. The number of urea groups is 1. The van der Waals surface area contributed by atoms with Crippen LogP contribution in [0.3, 0.4) is 0 Å². The first-order chi connectivity index (χ1) is 13.2. The van der Waals surface area contributed by atoms with Gasteiger partial charge in [0, 0.05) is 51.2 Å². The standard InChI is InChI=1S/C19H29N7O/c1-2-8-23-9-3-4-16(15-23)21-19(27)25-13-11-24(12-14-25)18-6-5-17-20-7-10-26(17)22-18/h5-7,10,16H,2-4,8-9,11-15H2,1H3,(H,21,27)/t16-/m1/s1. The first kappa shape index (κ1) is 18.0. The van der Waals surface area contributed by atoms with Crippen LogP contribution in [-0.4, -0.2) is 82.3 Å². The zero-order chi connectivity index (χ0) is 18.6. The summed E-state index contributed by atoms with van der Waals surface area (Å²) >= 11 is 0. The van der Waals surface area contributed by atoms with E-state index in [1.165, 1.54) is 12.8 Å². The van der Waals surface area contributed by atoms with Crippen molar-refractivity contribution in [3.8, 4) is 0 Å². The summed E-state index contributed by atoms with van der Waals surface area (Å²) in [7, 11) is 0. The van der Waals surface area contributed by atoms with Crippen LogP contribution in [0.1, 0.15) is 26.2 Å².